The molecule has 1 N–H and O–H groups in total. The molecule has 0 spiro atoms. The second kappa shape index (κ2) is 9.88. The van der Waals surface area contributed by atoms with Crippen molar-refractivity contribution < 1.29 is 8.78 Å². The summed E-state index contributed by atoms with van der Waals surface area (Å²) in [4.78, 5) is 0. The molecule has 2 unspecified atom stereocenters. The third kappa shape index (κ3) is 6.13. The Bertz CT molecular complexity index is 406. The van der Waals surface area contributed by atoms with Crippen molar-refractivity contribution in [1.29, 1.82) is 0 Å². The van der Waals surface area contributed by atoms with E-state index in [0.29, 0.717) is 11.5 Å². The molecule has 0 radical (unpaired) electrons. The fraction of sp³-hybridized carbons (Fsp3) is 0.667. The zero-order valence-corrected chi connectivity index (χ0v) is 13.6. The molecule has 0 aliphatic heterocycles. The Hall–Kier alpha value is -0.960. The number of benzene rings is 1. The summed E-state index contributed by atoms with van der Waals surface area (Å²) in [6.45, 7) is 7.27. The van der Waals surface area contributed by atoms with E-state index < -0.39 is 0 Å². The molecule has 120 valence electrons. The van der Waals surface area contributed by atoms with Gasteiger partial charge in [-0.15, -0.1) is 0 Å². The minimum Gasteiger partial charge on any atom is -0.310 e. The Morgan fingerprint density at radius 2 is 1.86 bits per heavy atom. The lowest BCUT2D eigenvalue weighted by Gasteiger charge is -2.25. The van der Waals surface area contributed by atoms with E-state index in [9.17, 15) is 8.78 Å². The standard InChI is InChI=1S/C18H29F2N/c1-4-7-8-14(6-3)12-18(21-11-5-2)16-13-15(19)9-10-17(16)20/h9-10,13-14,18,21H,4-8,11-12H2,1-3H3. The van der Waals surface area contributed by atoms with Crippen LogP contribution in [0.5, 0.6) is 0 Å². The molecule has 0 saturated heterocycles. The Kier molecular flexibility index (Phi) is 8.51. The number of halogens is 2. The summed E-state index contributed by atoms with van der Waals surface area (Å²) in [5.41, 5.74) is 0.471. The topological polar surface area (TPSA) is 12.0 Å². The number of hydrogen-bond acceptors (Lipinski definition) is 1. The number of rotatable bonds is 10. The number of unbranched alkanes of at least 4 members (excludes halogenated alkanes) is 1. The van der Waals surface area contributed by atoms with Crippen LogP contribution in [0.2, 0.25) is 0 Å². The molecular formula is C18H29F2N. The van der Waals surface area contributed by atoms with Gasteiger partial charge < -0.3 is 5.32 Å². The van der Waals surface area contributed by atoms with Gasteiger partial charge in [-0.2, -0.15) is 0 Å². The van der Waals surface area contributed by atoms with Crippen LogP contribution in [0.4, 0.5) is 8.78 Å². The van der Waals surface area contributed by atoms with Crippen LogP contribution in [0.1, 0.15) is 70.9 Å². The van der Waals surface area contributed by atoms with Crippen molar-refractivity contribution in [1.82, 2.24) is 5.32 Å². The van der Waals surface area contributed by atoms with Gasteiger partial charge in [0, 0.05) is 11.6 Å². The van der Waals surface area contributed by atoms with E-state index >= 15 is 0 Å². The average Bonchev–Trinajstić information content (AvgIpc) is 2.49. The first-order valence-electron chi connectivity index (χ1n) is 8.30. The van der Waals surface area contributed by atoms with Crippen LogP contribution >= 0.6 is 0 Å². The van der Waals surface area contributed by atoms with Crippen molar-refractivity contribution in [3.05, 3.63) is 35.4 Å². The van der Waals surface area contributed by atoms with Gasteiger partial charge in [-0.1, -0.05) is 46.5 Å². The van der Waals surface area contributed by atoms with E-state index in [4.69, 9.17) is 0 Å². The minimum atomic E-state index is -0.365. The maximum atomic E-state index is 14.0. The molecule has 21 heavy (non-hydrogen) atoms. The largest absolute Gasteiger partial charge is 0.310 e. The third-order valence-corrected chi connectivity index (χ3v) is 4.09. The normalized spacial score (nSPS) is 14.1. The van der Waals surface area contributed by atoms with Crippen LogP contribution in [0.3, 0.4) is 0 Å². The Morgan fingerprint density at radius 1 is 1.10 bits per heavy atom. The summed E-state index contributed by atoms with van der Waals surface area (Å²) in [5, 5.41) is 3.39. The van der Waals surface area contributed by atoms with Gasteiger partial charge in [-0.3, -0.25) is 0 Å². The van der Waals surface area contributed by atoms with Crippen LogP contribution in [0.25, 0.3) is 0 Å². The summed E-state index contributed by atoms with van der Waals surface area (Å²) in [6.07, 6.45) is 6.48. The SMILES string of the molecule is CCCCC(CC)CC(NCCC)c1cc(F)ccc1F. The van der Waals surface area contributed by atoms with Crippen LogP contribution in [0, 0.1) is 17.6 Å². The van der Waals surface area contributed by atoms with E-state index in [1.165, 1.54) is 31.0 Å². The second-order valence-corrected chi connectivity index (χ2v) is 5.82. The van der Waals surface area contributed by atoms with Gasteiger partial charge in [0.2, 0.25) is 0 Å². The van der Waals surface area contributed by atoms with Crippen LogP contribution < -0.4 is 5.32 Å². The van der Waals surface area contributed by atoms with Crippen LogP contribution in [-0.2, 0) is 0 Å². The smallest absolute Gasteiger partial charge is 0.128 e. The fourth-order valence-corrected chi connectivity index (χ4v) is 2.74. The molecule has 0 fully saturated rings. The quantitative estimate of drug-likeness (QED) is 0.591. The molecule has 0 bridgehead atoms. The molecule has 0 heterocycles. The van der Waals surface area contributed by atoms with Crippen molar-refractivity contribution >= 4 is 0 Å². The van der Waals surface area contributed by atoms with E-state index in [2.05, 4.69) is 26.1 Å². The van der Waals surface area contributed by atoms with Gasteiger partial charge in [0.05, 0.1) is 0 Å². The van der Waals surface area contributed by atoms with Crippen molar-refractivity contribution in [2.45, 2.75) is 65.3 Å². The molecule has 1 nitrogen and oxygen atoms in total. The fourth-order valence-electron chi connectivity index (χ4n) is 2.74. The van der Waals surface area contributed by atoms with Gasteiger partial charge in [-0.05, 0) is 43.5 Å². The van der Waals surface area contributed by atoms with E-state index in [1.807, 2.05) is 0 Å². The third-order valence-electron chi connectivity index (χ3n) is 4.09. The number of hydrogen-bond donors (Lipinski definition) is 1. The molecule has 2 atom stereocenters. The van der Waals surface area contributed by atoms with E-state index in [1.54, 1.807) is 0 Å². The first-order chi connectivity index (χ1) is 10.1. The minimum absolute atomic E-state index is 0.0949. The van der Waals surface area contributed by atoms with Crippen LogP contribution in [-0.4, -0.2) is 6.54 Å². The highest BCUT2D eigenvalue weighted by Crippen LogP contribution is 2.28. The summed E-state index contributed by atoms with van der Waals surface area (Å²) < 4.78 is 27.5. The Balaban J connectivity index is 2.85. The summed E-state index contributed by atoms with van der Waals surface area (Å²) in [6, 6.07) is 3.67. The maximum Gasteiger partial charge on any atom is 0.128 e. The van der Waals surface area contributed by atoms with Gasteiger partial charge in [0.25, 0.3) is 0 Å². The molecule has 1 aromatic rings. The van der Waals surface area contributed by atoms with E-state index in [-0.39, 0.29) is 17.7 Å². The van der Waals surface area contributed by atoms with Gasteiger partial charge in [0.1, 0.15) is 11.6 Å². The Labute approximate surface area is 128 Å². The highest BCUT2D eigenvalue weighted by molar-refractivity contribution is 5.22. The molecule has 0 aliphatic carbocycles. The van der Waals surface area contributed by atoms with Crippen molar-refractivity contribution in [3.63, 3.8) is 0 Å². The molecule has 1 rings (SSSR count). The first-order valence-corrected chi connectivity index (χ1v) is 8.30. The molecular weight excluding hydrogens is 268 g/mol. The number of nitrogens with one attached hydrogen (secondary N) is 1. The highest BCUT2D eigenvalue weighted by atomic mass is 19.1. The van der Waals surface area contributed by atoms with Crippen LogP contribution in [0.15, 0.2) is 18.2 Å². The highest BCUT2D eigenvalue weighted by Gasteiger charge is 2.20. The molecule has 0 aliphatic rings. The monoisotopic (exact) mass is 297 g/mol. The summed E-state index contributed by atoms with van der Waals surface area (Å²) >= 11 is 0. The molecule has 0 saturated carbocycles. The second-order valence-electron chi connectivity index (χ2n) is 5.82. The molecule has 1 aromatic carbocycles. The van der Waals surface area contributed by atoms with Crippen molar-refractivity contribution in [2.75, 3.05) is 6.54 Å². The lowest BCUT2D eigenvalue weighted by atomic mass is 9.89. The lowest BCUT2D eigenvalue weighted by Crippen LogP contribution is -2.25. The zero-order chi connectivity index (χ0) is 15.7. The molecule has 0 amide bonds. The van der Waals surface area contributed by atoms with E-state index in [0.717, 1.165) is 32.2 Å². The maximum absolute atomic E-state index is 14.0. The molecule has 0 aromatic heterocycles. The zero-order valence-electron chi connectivity index (χ0n) is 13.6. The molecule has 3 heteroatoms. The van der Waals surface area contributed by atoms with Gasteiger partial charge in [-0.25, -0.2) is 8.78 Å². The summed E-state index contributed by atoms with van der Waals surface area (Å²) in [5.74, 6) is -0.117. The van der Waals surface area contributed by atoms with Crippen molar-refractivity contribution in [3.8, 4) is 0 Å². The van der Waals surface area contributed by atoms with Crippen molar-refractivity contribution in [2.24, 2.45) is 5.92 Å². The Morgan fingerprint density at radius 3 is 2.48 bits per heavy atom. The lowest BCUT2D eigenvalue weighted by molar-refractivity contribution is 0.347. The first kappa shape index (κ1) is 18.1. The van der Waals surface area contributed by atoms with Gasteiger partial charge >= 0.3 is 0 Å². The summed E-state index contributed by atoms with van der Waals surface area (Å²) in [7, 11) is 0. The predicted molar refractivity (Wildman–Crippen MR) is 85.3 cm³/mol. The van der Waals surface area contributed by atoms with Gasteiger partial charge in [0.15, 0.2) is 0 Å². The predicted octanol–water partition coefficient (Wildman–Crippen LogP) is 5.61. The average molecular weight is 297 g/mol.